The first-order chi connectivity index (χ1) is 8.40. The largest absolute Gasteiger partial charge is 0.478 e. The van der Waals surface area contributed by atoms with E-state index in [1.54, 1.807) is 13.0 Å². The van der Waals surface area contributed by atoms with Crippen molar-refractivity contribution in [2.45, 2.75) is 26.9 Å². The minimum atomic E-state index is -0.729. The highest BCUT2D eigenvalue weighted by molar-refractivity contribution is 9.10. The summed E-state index contributed by atoms with van der Waals surface area (Å²) < 4.78 is 19.4. The molecule has 0 spiro atoms. The lowest BCUT2D eigenvalue weighted by Gasteiger charge is -2.16. The van der Waals surface area contributed by atoms with Crippen LogP contribution >= 0.6 is 15.9 Å². The van der Waals surface area contributed by atoms with Crippen LogP contribution in [-0.2, 0) is 4.79 Å². The van der Waals surface area contributed by atoms with Crippen LogP contribution in [-0.4, -0.2) is 18.6 Å². The van der Waals surface area contributed by atoms with Gasteiger partial charge in [-0.1, -0.05) is 29.8 Å². The Kier molecular flexibility index (Phi) is 5.59. The number of amides is 1. The Morgan fingerprint density at radius 1 is 1.44 bits per heavy atom. The third-order valence-corrected chi connectivity index (χ3v) is 2.74. The molecule has 0 aromatic heterocycles. The van der Waals surface area contributed by atoms with E-state index in [-0.39, 0.29) is 11.7 Å². The highest BCUT2D eigenvalue weighted by atomic mass is 79.9. The summed E-state index contributed by atoms with van der Waals surface area (Å²) in [4.78, 5) is 11.7. The van der Waals surface area contributed by atoms with E-state index in [4.69, 9.17) is 4.74 Å². The van der Waals surface area contributed by atoms with Gasteiger partial charge in [-0.05, 0) is 31.0 Å². The lowest BCUT2D eigenvalue weighted by molar-refractivity contribution is -0.127. The normalized spacial score (nSPS) is 12.3. The number of benzene rings is 1. The van der Waals surface area contributed by atoms with Gasteiger partial charge in [-0.25, -0.2) is 4.39 Å². The maximum atomic E-state index is 13.4. The number of halogens is 2. The summed E-state index contributed by atoms with van der Waals surface area (Å²) in [6.07, 6.45) is -0.729. The van der Waals surface area contributed by atoms with Crippen LogP contribution in [0.1, 0.15) is 20.8 Å². The van der Waals surface area contributed by atoms with Crippen LogP contribution < -0.4 is 10.1 Å². The molecule has 1 unspecified atom stereocenters. The predicted octanol–water partition coefficient (Wildman–Crippen LogP) is 3.13. The fourth-order valence-electron chi connectivity index (χ4n) is 1.26. The zero-order valence-electron chi connectivity index (χ0n) is 10.7. The molecule has 0 aliphatic rings. The molecule has 1 aromatic rings. The molecule has 1 aromatic carbocycles. The molecule has 1 rings (SSSR count). The first-order valence-corrected chi connectivity index (χ1v) is 6.59. The lowest BCUT2D eigenvalue weighted by Crippen LogP contribution is -2.38. The van der Waals surface area contributed by atoms with Gasteiger partial charge in [-0.15, -0.1) is 0 Å². The quantitative estimate of drug-likeness (QED) is 0.906. The van der Waals surface area contributed by atoms with Gasteiger partial charge in [-0.3, -0.25) is 4.79 Å². The van der Waals surface area contributed by atoms with Gasteiger partial charge < -0.3 is 10.1 Å². The van der Waals surface area contributed by atoms with Crippen LogP contribution in [0, 0.1) is 11.7 Å². The highest BCUT2D eigenvalue weighted by Gasteiger charge is 2.16. The predicted molar refractivity (Wildman–Crippen MR) is 72.0 cm³/mol. The fourth-order valence-corrected chi connectivity index (χ4v) is 1.60. The monoisotopic (exact) mass is 317 g/mol. The van der Waals surface area contributed by atoms with Crippen molar-refractivity contribution < 1.29 is 13.9 Å². The average Bonchev–Trinajstić information content (AvgIpc) is 2.30. The minimum Gasteiger partial charge on any atom is -0.478 e. The molecule has 0 aliphatic carbocycles. The molecule has 0 saturated carbocycles. The third-order valence-electron chi connectivity index (χ3n) is 2.25. The zero-order chi connectivity index (χ0) is 13.7. The van der Waals surface area contributed by atoms with Gasteiger partial charge in [0.05, 0.1) is 0 Å². The summed E-state index contributed by atoms with van der Waals surface area (Å²) >= 11 is 3.23. The summed E-state index contributed by atoms with van der Waals surface area (Å²) in [7, 11) is 0. The molecule has 0 bridgehead atoms. The second-order valence-electron chi connectivity index (χ2n) is 4.47. The number of carbonyl (C=O) groups excluding carboxylic acids is 1. The maximum absolute atomic E-state index is 13.4. The molecule has 0 fully saturated rings. The standard InChI is InChI=1S/C13H17BrFNO2/c1-8(2)7-16-13(17)9(3)18-12-6-10(14)4-5-11(12)15/h4-6,8-9H,7H2,1-3H3,(H,16,17). The molecule has 0 heterocycles. The first-order valence-electron chi connectivity index (χ1n) is 5.79. The van der Waals surface area contributed by atoms with Crippen molar-refractivity contribution in [3.63, 3.8) is 0 Å². The molecule has 100 valence electrons. The second-order valence-corrected chi connectivity index (χ2v) is 5.39. The minimum absolute atomic E-state index is 0.0663. The van der Waals surface area contributed by atoms with Crippen molar-refractivity contribution in [3.05, 3.63) is 28.5 Å². The van der Waals surface area contributed by atoms with E-state index in [0.717, 1.165) is 0 Å². The molecule has 1 N–H and O–H groups in total. The van der Waals surface area contributed by atoms with Crippen molar-refractivity contribution in [2.24, 2.45) is 5.92 Å². The van der Waals surface area contributed by atoms with Crippen LogP contribution in [0.2, 0.25) is 0 Å². The number of ether oxygens (including phenoxy) is 1. The van der Waals surface area contributed by atoms with E-state index < -0.39 is 11.9 Å². The molecular weight excluding hydrogens is 301 g/mol. The average molecular weight is 318 g/mol. The zero-order valence-corrected chi connectivity index (χ0v) is 12.3. The molecule has 0 radical (unpaired) electrons. The molecular formula is C13H17BrFNO2. The number of hydrogen-bond donors (Lipinski definition) is 1. The van der Waals surface area contributed by atoms with Gasteiger partial charge in [0.15, 0.2) is 17.7 Å². The molecule has 5 heteroatoms. The van der Waals surface area contributed by atoms with Crippen LogP contribution in [0.4, 0.5) is 4.39 Å². The molecule has 18 heavy (non-hydrogen) atoms. The molecule has 0 aliphatic heterocycles. The van der Waals surface area contributed by atoms with Crippen molar-refractivity contribution in [3.8, 4) is 5.75 Å². The van der Waals surface area contributed by atoms with E-state index in [1.165, 1.54) is 12.1 Å². The fraction of sp³-hybridized carbons (Fsp3) is 0.462. The third kappa shape index (κ3) is 4.64. The Labute approximate surface area is 115 Å². The van der Waals surface area contributed by atoms with Crippen molar-refractivity contribution in [1.82, 2.24) is 5.32 Å². The molecule has 3 nitrogen and oxygen atoms in total. The summed E-state index contributed by atoms with van der Waals surface area (Å²) in [5, 5.41) is 2.74. The Morgan fingerprint density at radius 2 is 2.11 bits per heavy atom. The van der Waals surface area contributed by atoms with E-state index >= 15 is 0 Å². The van der Waals surface area contributed by atoms with Crippen LogP contribution in [0.5, 0.6) is 5.75 Å². The number of rotatable bonds is 5. The van der Waals surface area contributed by atoms with Gasteiger partial charge in [-0.2, -0.15) is 0 Å². The second kappa shape index (κ2) is 6.73. The van der Waals surface area contributed by atoms with E-state index in [9.17, 15) is 9.18 Å². The summed E-state index contributed by atoms with van der Waals surface area (Å²) in [5.41, 5.74) is 0. The van der Waals surface area contributed by atoms with Crippen LogP contribution in [0.15, 0.2) is 22.7 Å². The SMILES string of the molecule is CC(C)CNC(=O)C(C)Oc1cc(Br)ccc1F. The smallest absolute Gasteiger partial charge is 0.260 e. The van der Waals surface area contributed by atoms with E-state index in [0.29, 0.717) is 16.9 Å². The molecule has 0 saturated heterocycles. The topological polar surface area (TPSA) is 38.3 Å². The van der Waals surface area contributed by atoms with Gasteiger partial charge >= 0.3 is 0 Å². The Bertz CT molecular complexity index is 423. The summed E-state index contributed by atoms with van der Waals surface area (Å²) in [6, 6.07) is 4.37. The van der Waals surface area contributed by atoms with E-state index in [2.05, 4.69) is 21.2 Å². The molecule has 1 atom stereocenters. The Balaban J connectivity index is 2.60. The van der Waals surface area contributed by atoms with Gasteiger partial charge in [0.25, 0.3) is 5.91 Å². The lowest BCUT2D eigenvalue weighted by atomic mass is 10.2. The van der Waals surface area contributed by atoms with Gasteiger partial charge in [0.1, 0.15) is 0 Å². The van der Waals surface area contributed by atoms with E-state index in [1.807, 2.05) is 13.8 Å². The Hall–Kier alpha value is -1.10. The van der Waals surface area contributed by atoms with Gasteiger partial charge in [0.2, 0.25) is 0 Å². The highest BCUT2D eigenvalue weighted by Crippen LogP contribution is 2.23. The maximum Gasteiger partial charge on any atom is 0.260 e. The number of nitrogens with one attached hydrogen (secondary N) is 1. The van der Waals surface area contributed by atoms with Gasteiger partial charge in [0, 0.05) is 11.0 Å². The number of carbonyl (C=O) groups is 1. The van der Waals surface area contributed by atoms with Crippen molar-refractivity contribution in [2.75, 3.05) is 6.54 Å². The Morgan fingerprint density at radius 3 is 2.72 bits per heavy atom. The van der Waals surface area contributed by atoms with Crippen LogP contribution in [0.25, 0.3) is 0 Å². The molecule has 1 amide bonds. The number of hydrogen-bond acceptors (Lipinski definition) is 2. The summed E-state index contributed by atoms with van der Waals surface area (Å²) in [5.74, 6) is -0.301. The summed E-state index contributed by atoms with van der Waals surface area (Å²) in [6.45, 7) is 6.17. The first kappa shape index (κ1) is 15.0. The van der Waals surface area contributed by atoms with Crippen molar-refractivity contribution in [1.29, 1.82) is 0 Å². The van der Waals surface area contributed by atoms with Crippen LogP contribution in [0.3, 0.4) is 0 Å². The van der Waals surface area contributed by atoms with Crippen molar-refractivity contribution >= 4 is 21.8 Å².